The second-order valence-electron chi connectivity index (χ2n) is 8.64. The van der Waals surface area contributed by atoms with Crippen molar-refractivity contribution in [3.05, 3.63) is 34.3 Å². The highest BCUT2D eigenvalue weighted by Gasteiger charge is 2.51. The van der Waals surface area contributed by atoms with E-state index in [1.54, 1.807) is 0 Å². The largest absolute Gasteiger partial charge is 0.350 e. The Hall–Kier alpha value is -0.870. The summed E-state index contributed by atoms with van der Waals surface area (Å²) in [6.45, 7) is 2.58. The molecule has 0 spiro atoms. The molecule has 1 aromatic rings. The Morgan fingerprint density at radius 2 is 1.68 bits per heavy atom. The van der Waals surface area contributed by atoms with Gasteiger partial charge in [0.15, 0.2) is 0 Å². The van der Waals surface area contributed by atoms with E-state index >= 15 is 0 Å². The minimum Gasteiger partial charge on any atom is -0.350 e. The van der Waals surface area contributed by atoms with Crippen LogP contribution >= 0.6 is 15.9 Å². The second kappa shape index (κ2) is 7.03. The summed E-state index contributed by atoms with van der Waals surface area (Å²) in [5.74, 6) is 2.78. The van der Waals surface area contributed by atoms with E-state index in [1.807, 2.05) is 0 Å². The molecule has 0 aliphatic heterocycles. The maximum Gasteiger partial charge on any atom is 0.234 e. The van der Waals surface area contributed by atoms with Crippen LogP contribution in [0.2, 0.25) is 0 Å². The van der Waals surface area contributed by atoms with Crippen LogP contribution in [0.4, 0.5) is 0 Å². The Labute approximate surface area is 159 Å². The highest BCUT2D eigenvalue weighted by atomic mass is 79.9. The van der Waals surface area contributed by atoms with Gasteiger partial charge in [0, 0.05) is 16.1 Å². The fraction of sp³-hybridized carbons (Fsp3) is 0.667. The van der Waals surface area contributed by atoms with Crippen LogP contribution in [0.3, 0.4) is 0 Å². The van der Waals surface area contributed by atoms with Crippen molar-refractivity contribution < 1.29 is 4.79 Å². The summed E-state index contributed by atoms with van der Waals surface area (Å²) >= 11 is 3.48. The molecule has 1 aromatic carbocycles. The third-order valence-corrected chi connectivity index (χ3v) is 7.16. The summed E-state index contributed by atoms with van der Waals surface area (Å²) in [5.41, 5.74) is 1.36. The van der Waals surface area contributed by atoms with Crippen molar-refractivity contribution in [1.82, 2.24) is 10.6 Å². The fourth-order valence-corrected chi connectivity index (χ4v) is 6.28. The maximum absolute atomic E-state index is 12.7. The Bertz CT molecular complexity index is 592. The van der Waals surface area contributed by atoms with Gasteiger partial charge in [0.1, 0.15) is 0 Å². The van der Waals surface area contributed by atoms with Gasteiger partial charge in [-0.1, -0.05) is 35.0 Å². The third kappa shape index (κ3) is 3.80. The summed E-state index contributed by atoms with van der Waals surface area (Å²) in [4.78, 5) is 12.7. The molecule has 136 valence electrons. The van der Waals surface area contributed by atoms with Gasteiger partial charge in [0.2, 0.25) is 5.91 Å². The first-order valence-corrected chi connectivity index (χ1v) is 10.6. The molecule has 25 heavy (non-hydrogen) atoms. The molecular weight excluding hydrogens is 376 g/mol. The summed E-state index contributed by atoms with van der Waals surface area (Å²) in [7, 11) is 0. The second-order valence-corrected chi connectivity index (χ2v) is 9.56. The highest BCUT2D eigenvalue weighted by Crippen LogP contribution is 2.55. The minimum absolute atomic E-state index is 0.118. The molecule has 2 N–H and O–H groups in total. The molecule has 0 radical (unpaired) electrons. The molecule has 5 rings (SSSR count). The van der Waals surface area contributed by atoms with Crippen LogP contribution in [-0.2, 0) is 4.79 Å². The molecule has 0 saturated heterocycles. The number of hydrogen-bond acceptors (Lipinski definition) is 2. The van der Waals surface area contributed by atoms with Gasteiger partial charge in [0.25, 0.3) is 0 Å². The Balaban J connectivity index is 1.33. The minimum atomic E-state index is 0.118. The number of hydrogen-bond donors (Lipinski definition) is 2. The van der Waals surface area contributed by atoms with Crippen molar-refractivity contribution >= 4 is 21.8 Å². The van der Waals surface area contributed by atoms with Gasteiger partial charge in [-0.15, -0.1) is 0 Å². The number of carbonyl (C=O) groups excluding carboxylic acids is 1. The van der Waals surface area contributed by atoms with Crippen molar-refractivity contribution in [1.29, 1.82) is 0 Å². The Morgan fingerprint density at radius 3 is 2.20 bits per heavy atom. The van der Waals surface area contributed by atoms with Crippen molar-refractivity contribution in [2.75, 3.05) is 6.54 Å². The predicted molar refractivity (Wildman–Crippen MR) is 104 cm³/mol. The molecule has 4 fully saturated rings. The zero-order valence-corrected chi connectivity index (χ0v) is 16.6. The summed E-state index contributed by atoms with van der Waals surface area (Å²) in [6, 6.07) is 8.62. The lowest BCUT2D eigenvalue weighted by atomic mass is 9.53. The lowest BCUT2D eigenvalue weighted by Gasteiger charge is -2.56. The van der Waals surface area contributed by atoms with Crippen LogP contribution in [-0.4, -0.2) is 18.0 Å². The molecule has 4 aliphatic rings. The van der Waals surface area contributed by atoms with Gasteiger partial charge in [-0.3, -0.25) is 4.79 Å². The molecule has 3 nitrogen and oxygen atoms in total. The van der Waals surface area contributed by atoms with Gasteiger partial charge in [-0.2, -0.15) is 0 Å². The molecular formula is C21H29BrN2O. The van der Waals surface area contributed by atoms with E-state index in [0.717, 1.165) is 28.6 Å². The standard InChI is InChI=1S/C21H29BrN2O/c1-2-19(17-3-5-18(22)6-4-17)23-13-20(25)24-21-10-14-7-15(11-21)9-16(8-14)12-21/h3-6,14-16,19,23H,2,7-13H2,1H3,(H,24,25)/t14?,15?,16?,19-,21?/m0/s1. The molecule has 0 aromatic heterocycles. The first-order valence-electron chi connectivity index (χ1n) is 9.85. The van der Waals surface area contributed by atoms with Crippen molar-refractivity contribution in [3.63, 3.8) is 0 Å². The van der Waals surface area contributed by atoms with E-state index in [2.05, 4.69) is 57.8 Å². The van der Waals surface area contributed by atoms with E-state index in [4.69, 9.17) is 0 Å². The first kappa shape index (κ1) is 17.5. The van der Waals surface area contributed by atoms with Gasteiger partial charge in [-0.25, -0.2) is 0 Å². The number of benzene rings is 1. The SMILES string of the molecule is CC[C@H](NCC(=O)NC12CC3CC(CC(C3)C1)C2)c1ccc(Br)cc1. The van der Waals surface area contributed by atoms with Gasteiger partial charge in [0.05, 0.1) is 6.54 Å². The summed E-state index contributed by atoms with van der Waals surface area (Å²) in [6.07, 6.45) is 8.86. The van der Waals surface area contributed by atoms with Crippen LogP contribution in [0.5, 0.6) is 0 Å². The fourth-order valence-electron chi connectivity index (χ4n) is 6.01. The first-order chi connectivity index (χ1) is 12.0. The summed E-state index contributed by atoms with van der Waals surface area (Å²) < 4.78 is 1.09. The molecule has 1 atom stereocenters. The van der Waals surface area contributed by atoms with Gasteiger partial charge < -0.3 is 10.6 Å². The Kier molecular flexibility index (Phi) is 4.93. The van der Waals surface area contributed by atoms with Crippen LogP contribution in [0.25, 0.3) is 0 Å². The maximum atomic E-state index is 12.7. The van der Waals surface area contributed by atoms with Crippen LogP contribution in [0.1, 0.15) is 63.5 Å². The molecule has 0 heterocycles. The van der Waals surface area contributed by atoms with Crippen LogP contribution < -0.4 is 10.6 Å². The topological polar surface area (TPSA) is 41.1 Å². The smallest absolute Gasteiger partial charge is 0.234 e. The van der Waals surface area contributed by atoms with Gasteiger partial charge in [-0.05, 0) is 80.4 Å². The van der Waals surface area contributed by atoms with E-state index in [1.165, 1.54) is 44.1 Å². The lowest BCUT2D eigenvalue weighted by molar-refractivity contribution is -0.126. The zero-order chi connectivity index (χ0) is 17.4. The summed E-state index contributed by atoms with van der Waals surface area (Å²) in [5, 5.41) is 6.92. The molecule has 4 aliphatic carbocycles. The average Bonchev–Trinajstić information content (AvgIpc) is 2.55. The number of nitrogens with one attached hydrogen (secondary N) is 2. The zero-order valence-electron chi connectivity index (χ0n) is 15.1. The number of halogens is 1. The molecule has 4 bridgehead atoms. The molecule has 0 unspecified atom stereocenters. The van der Waals surface area contributed by atoms with Crippen LogP contribution in [0, 0.1) is 17.8 Å². The van der Waals surface area contributed by atoms with E-state index in [9.17, 15) is 4.79 Å². The van der Waals surface area contributed by atoms with E-state index in [0.29, 0.717) is 6.54 Å². The van der Waals surface area contributed by atoms with Crippen molar-refractivity contribution in [2.45, 2.75) is 63.5 Å². The predicted octanol–water partition coefficient (Wildman–Crippen LogP) is 4.57. The molecule has 4 saturated carbocycles. The molecule has 1 amide bonds. The van der Waals surface area contributed by atoms with Crippen molar-refractivity contribution in [2.24, 2.45) is 17.8 Å². The van der Waals surface area contributed by atoms with E-state index < -0.39 is 0 Å². The average molecular weight is 405 g/mol. The number of rotatable bonds is 6. The normalized spacial score (nSPS) is 34.1. The quantitative estimate of drug-likeness (QED) is 0.728. The lowest BCUT2D eigenvalue weighted by Crippen LogP contribution is -2.60. The monoisotopic (exact) mass is 404 g/mol. The number of carbonyl (C=O) groups is 1. The molecule has 4 heteroatoms. The van der Waals surface area contributed by atoms with Crippen LogP contribution in [0.15, 0.2) is 28.7 Å². The third-order valence-electron chi connectivity index (χ3n) is 6.63. The van der Waals surface area contributed by atoms with Crippen molar-refractivity contribution in [3.8, 4) is 0 Å². The Morgan fingerprint density at radius 1 is 1.12 bits per heavy atom. The number of amides is 1. The van der Waals surface area contributed by atoms with Gasteiger partial charge >= 0.3 is 0 Å². The highest BCUT2D eigenvalue weighted by molar-refractivity contribution is 9.10. The van der Waals surface area contributed by atoms with E-state index in [-0.39, 0.29) is 17.5 Å².